The van der Waals surface area contributed by atoms with Crippen molar-refractivity contribution in [2.24, 2.45) is 0 Å². The quantitative estimate of drug-likeness (QED) is 0.633. The molecule has 1 aliphatic rings. The van der Waals surface area contributed by atoms with E-state index < -0.39 is 0 Å². The van der Waals surface area contributed by atoms with E-state index in [4.69, 9.17) is 3.07 Å². The summed E-state index contributed by atoms with van der Waals surface area (Å²) in [6, 6.07) is 11.9. The summed E-state index contributed by atoms with van der Waals surface area (Å²) in [6.07, 6.45) is 0. The van der Waals surface area contributed by atoms with Crippen LogP contribution in [-0.2, 0) is 0 Å². The molecule has 0 heterocycles. The molecule has 2 aromatic rings. The van der Waals surface area contributed by atoms with Crippen molar-refractivity contribution in [3.05, 3.63) is 64.7 Å². The van der Waals surface area contributed by atoms with Gasteiger partial charge in [0.2, 0.25) is 0 Å². The lowest BCUT2D eigenvalue weighted by Gasteiger charge is -2.18. The standard InChI is InChI=1S/C14H7IO3/c15-18-11-7-3-6-10-12(11)14(17)9-5-2-1-4-8(9)13(10)16/h1-7H. The summed E-state index contributed by atoms with van der Waals surface area (Å²) in [6.45, 7) is 0. The number of benzene rings is 2. The number of hydrogen-bond donors (Lipinski definition) is 0. The highest BCUT2D eigenvalue weighted by molar-refractivity contribution is 14.1. The molecule has 0 bridgehead atoms. The van der Waals surface area contributed by atoms with Gasteiger partial charge in [-0.25, -0.2) is 0 Å². The van der Waals surface area contributed by atoms with Crippen molar-refractivity contribution < 1.29 is 12.7 Å². The van der Waals surface area contributed by atoms with Gasteiger partial charge < -0.3 is 3.07 Å². The normalized spacial score (nSPS) is 12.9. The number of carbonyl (C=O) groups excluding carboxylic acids is 2. The van der Waals surface area contributed by atoms with Crippen LogP contribution in [0.1, 0.15) is 31.8 Å². The molecule has 88 valence electrons. The molecule has 0 spiro atoms. The fourth-order valence-electron chi connectivity index (χ4n) is 2.18. The third-order valence-corrected chi connectivity index (χ3v) is 3.47. The van der Waals surface area contributed by atoms with E-state index in [0.717, 1.165) is 0 Å². The fraction of sp³-hybridized carbons (Fsp3) is 0. The zero-order valence-corrected chi connectivity index (χ0v) is 11.3. The minimum atomic E-state index is -0.160. The lowest BCUT2D eigenvalue weighted by Crippen LogP contribution is -2.21. The van der Waals surface area contributed by atoms with Gasteiger partial charge in [-0.15, -0.1) is 0 Å². The van der Waals surface area contributed by atoms with Crippen LogP contribution in [0.3, 0.4) is 0 Å². The first-order valence-electron chi connectivity index (χ1n) is 5.34. The van der Waals surface area contributed by atoms with E-state index in [2.05, 4.69) is 0 Å². The zero-order valence-electron chi connectivity index (χ0n) is 9.14. The second-order valence-electron chi connectivity index (χ2n) is 3.96. The number of halogens is 1. The van der Waals surface area contributed by atoms with Gasteiger partial charge in [0.1, 0.15) is 5.75 Å². The second kappa shape index (κ2) is 4.20. The fourth-order valence-corrected chi connectivity index (χ4v) is 2.54. The number of carbonyl (C=O) groups is 2. The van der Waals surface area contributed by atoms with Crippen LogP contribution in [0.4, 0.5) is 0 Å². The molecule has 0 fully saturated rings. The van der Waals surface area contributed by atoms with E-state index in [1.807, 2.05) is 0 Å². The first-order valence-corrected chi connectivity index (χ1v) is 6.22. The summed E-state index contributed by atoms with van der Waals surface area (Å²) in [5.74, 6) is 0.143. The SMILES string of the molecule is O=C1c2ccccc2C(=O)c2c(OI)cccc21. The zero-order chi connectivity index (χ0) is 12.7. The van der Waals surface area contributed by atoms with E-state index in [1.54, 1.807) is 65.5 Å². The summed E-state index contributed by atoms with van der Waals surface area (Å²) < 4.78 is 5.14. The Morgan fingerprint density at radius 3 is 2.06 bits per heavy atom. The Bertz CT molecular complexity index is 676. The van der Waals surface area contributed by atoms with E-state index >= 15 is 0 Å². The van der Waals surface area contributed by atoms with Crippen molar-refractivity contribution in [1.82, 2.24) is 0 Å². The third-order valence-electron chi connectivity index (χ3n) is 3.00. The Morgan fingerprint density at radius 2 is 1.39 bits per heavy atom. The van der Waals surface area contributed by atoms with Crippen LogP contribution in [-0.4, -0.2) is 11.6 Å². The molecular weight excluding hydrogens is 343 g/mol. The van der Waals surface area contributed by atoms with Gasteiger partial charge in [0.25, 0.3) is 0 Å². The molecule has 3 rings (SSSR count). The molecule has 0 aromatic heterocycles. The molecule has 0 amide bonds. The molecule has 0 aliphatic heterocycles. The number of hydrogen-bond acceptors (Lipinski definition) is 3. The molecule has 1 aliphatic carbocycles. The molecule has 0 radical (unpaired) electrons. The molecule has 0 unspecified atom stereocenters. The highest BCUT2D eigenvalue weighted by atomic mass is 127. The Hall–Kier alpha value is -1.69. The maximum absolute atomic E-state index is 12.4. The lowest BCUT2D eigenvalue weighted by atomic mass is 9.84. The van der Waals surface area contributed by atoms with Crippen LogP contribution >= 0.6 is 23.0 Å². The molecule has 0 saturated carbocycles. The maximum Gasteiger partial charge on any atom is 0.198 e. The topological polar surface area (TPSA) is 43.4 Å². The van der Waals surface area contributed by atoms with Crippen molar-refractivity contribution in [1.29, 1.82) is 0 Å². The molecule has 0 atom stereocenters. The third kappa shape index (κ3) is 1.49. The van der Waals surface area contributed by atoms with E-state index in [1.165, 1.54) is 0 Å². The summed E-state index contributed by atoms with van der Waals surface area (Å²) in [4.78, 5) is 24.7. The molecule has 0 saturated heterocycles. The van der Waals surface area contributed by atoms with Crippen LogP contribution in [0.2, 0.25) is 0 Å². The monoisotopic (exact) mass is 350 g/mol. The van der Waals surface area contributed by atoms with Crippen LogP contribution in [0, 0.1) is 0 Å². The first kappa shape index (κ1) is 11.4. The summed E-state index contributed by atoms with van der Waals surface area (Å²) in [7, 11) is 0. The Kier molecular flexibility index (Phi) is 2.66. The highest BCUT2D eigenvalue weighted by Crippen LogP contribution is 2.33. The van der Waals surface area contributed by atoms with E-state index in [-0.39, 0.29) is 11.6 Å². The van der Waals surface area contributed by atoms with Crippen molar-refractivity contribution in [3.63, 3.8) is 0 Å². The molecule has 4 heteroatoms. The van der Waals surface area contributed by atoms with Gasteiger partial charge in [0.15, 0.2) is 34.6 Å². The smallest absolute Gasteiger partial charge is 0.198 e. The first-order chi connectivity index (χ1) is 8.74. The van der Waals surface area contributed by atoms with E-state index in [0.29, 0.717) is 28.0 Å². The van der Waals surface area contributed by atoms with Crippen molar-refractivity contribution in [2.45, 2.75) is 0 Å². The van der Waals surface area contributed by atoms with Gasteiger partial charge >= 0.3 is 0 Å². The number of ketones is 2. The van der Waals surface area contributed by atoms with Gasteiger partial charge in [0, 0.05) is 16.7 Å². The number of rotatable bonds is 1. The van der Waals surface area contributed by atoms with Crippen molar-refractivity contribution in [2.75, 3.05) is 0 Å². The average molecular weight is 350 g/mol. The largest absolute Gasteiger partial charge is 0.427 e. The van der Waals surface area contributed by atoms with E-state index in [9.17, 15) is 9.59 Å². The van der Waals surface area contributed by atoms with Gasteiger partial charge in [-0.1, -0.05) is 36.4 Å². The van der Waals surface area contributed by atoms with Gasteiger partial charge in [-0.3, -0.25) is 9.59 Å². The molecule has 3 nitrogen and oxygen atoms in total. The van der Waals surface area contributed by atoms with Crippen LogP contribution < -0.4 is 3.07 Å². The second-order valence-corrected chi connectivity index (χ2v) is 4.40. The lowest BCUT2D eigenvalue weighted by molar-refractivity contribution is 0.0978. The molecular formula is C14H7IO3. The van der Waals surface area contributed by atoms with Gasteiger partial charge in [0.05, 0.1) is 5.56 Å². The predicted molar refractivity (Wildman–Crippen MR) is 74.4 cm³/mol. The van der Waals surface area contributed by atoms with Crippen LogP contribution in [0.15, 0.2) is 42.5 Å². The summed E-state index contributed by atoms with van der Waals surface area (Å²) in [5, 5.41) is 0. The average Bonchev–Trinajstić information content (AvgIpc) is 2.44. The Balaban J connectivity index is 2.34. The summed E-state index contributed by atoms with van der Waals surface area (Å²) in [5.41, 5.74) is 1.67. The molecule has 18 heavy (non-hydrogen) atoms. The van der Waals surface area contributed by atoms with Gasteiger partial charge in [-0.2, -0.15) is 0 Å². The minimum Gasteiger partial charge on any atom is -0.427 e. The summed E-state index contributed by atoms with van der Waals surface area (Å²) >= 11 is 1.71. The Morgan fingerprint density at radius 1 is 0.778 bits per heavy atom. The molecule has 0 N–H and O–H groups in total. The highest BCUT2D eigenvalue weighted by Gasteiger charge is 2.31. The minimum absolute atomic E-state index is 0.129. The van der Waals surface area contributed by atoms with Crippen molar-refractivity contribution in [3.8, 4) is 5.75 Å². The molecule has 2 aromatic carbocycles. The Labute approximate surface area is 117 Å². The maximum atomic E-state index is 12.4. The van der Waals surface area contributed by atoms with Crippen LogP contribution in [0.25, 0.3) is 0 Å². The van der Waals surface area contributed by atoms with Crippen molar-refractivity contribution >= 4 is 34.6 Å². The van der Waals surface area contributed by atoms with Gasteiger partial charge in [-0.05, 0) is 6.07 Å². The number of fused-ring (bicyclic) bond motifs is 2. The predicted octanol–water partition coefficient (Wildman–Crippen LogP) is 3.19. The van der Waals surface area contributed by atoms with Crippen LogP contribution in [0.5, 0.6) is 5.75 Å².